The van der Waals surface area contributed by atoms with Crippen LogP contribution in [0.2, 0.25) is 5.02 Å². The molecule has 1 saturated heterocycles. The number of hydrogen-bond donors (Lipinski definition) is 1. The minimum Gasteiger partial charge on any atom is -0.366 e. The Balaban J connectivity index is 1.48. The molecule has 0 unspecified atom stereocenters. The lowest BCUT2D eigenvalue weighted by Crippen LogP contribution is -2.49. The summed E-state index contributed by atoms with van der Waals surface area (Å²) in [7, 11) is 0. The average Bonchev–Trinajstić information content (AvgIpc) is 2.79. The molecule has 0 radical (unpaired) electrons. The summed E-state index contributed by atoms with van der Waals surface area (Å²) >= 11 is 8.36. The number of anilines is 2. The van der Waals surface area contributed by atoms with E-state index in [0.29, 0.717) is 42.5 Å². The van der Waals surface area contributed by atoms with Crippen molar-refractivity contribution in [1.29, 1.82) is 0 Å². The second-order valence-corrected chi connectivity index (χ2v) is 9.07. The molecule has 3 aromatic rings. The molecule has 0 bridgehead atoms. The van der Waals surface area contributed by atoms with Crippen LogP contribution >= 0.6 is 34.2 Å². The number of nitrogens with zero attached hydrogens (tertiary/aromatic N) is 2. The fourth-order valence-electron chi connectivity index (χ4n) is 3.66. The summed E-state index contributed by atoms with van der Waals surface area (Å²) in [5.74, 6) is -1.05. The van der Waals surface area contributed by atoms with Crippen molar-refractivity contribution in [2.75, 3.05) is 36.4 Å². The Bertz CT molecular complexity index is 1170. The number of nitrogens with one attached hydrogen (secondary N) is 1. The standard InChI is InChI=1S/C24H20ClFIN3O2/c25-17-8-9-22(21(15-17)28-23(31)16-4-3-5-18(27)14-16)29-10-12-30(13-11-29)24(32)19-6-1-2-7-20(19)26/h1-9,14-15H,10-13H2,(H,28,31). The van der Waals surface area contributed by atoms with Crippen LogP contribution in [0.15, 0.2) is 66.7 Å². The highest BCUT2D eigenvalue weighted by Crippen LogP contribution is 2.31. The van der Waals surface area contributed by atoms with Gasteiger partial charge in [-0.3, -0.25) is 9.59 Å². The zero-order valence-corrected chi connectivity index (χ0v) is 19.9. The Morgan fingerprint density at radius 1 is 0.938 bits per heavy atom. The molecule has 5 nitrogen and oxygen atoms in total. The van der Waals surface area contributed by atoms with E-state index in [1.165, 1.54) is 12.1 Å². The summed E-state index contributed by atoms with van der Waals surface area (Å²) in [5.41, 5.74) is 2.07. The predicted molar refractivity (Wildman–Crippen MR) is 133 cm³/mol. The van der Waals surface area contributed by atoms with E-state index in [1.54, 1.807) is 35.2 Å². The van der Waals surface area contributed by atoms with E-state index in [9.17, 15) is 14.0 Å². The fourth-order valence-corrected chi connectivity index (χ4v) is 4.38. The number of carbonyl (C=O) groups excluding carboxylic acids is 2. The first kappa shape index (κ1) is 22.5. The highest BCUT2D eigenvalue weighted by Gasteiger charge is 2.25. The fraction of sp³-hybridized carbons (Fsp3) is 0.167. The zero-order valence-electron chi connectivity index (χ0n) is 17.0. The maximum Gasteiger partial charge on any atom is 0.256 e. The topological polar surface area (TPSA) is 52.7 Å². The maximum absolute atomic E-state index is 14.0. The van der Waals surface area contributed by atoms with Crippen molar-refractivity contribution in [1.82, 2.24) is 4.90 Å². The minimum absolute atomic E-state index is 0.0814. The van der Waals surface area contributed by atoms with Crippen molar-refractivity contribution >= 4 is 57.4 Å². The molecule has 4 rings (SSSR count). The van der Waals surface area contributed by atoms with Gasteiger partial charge < -0.3 is 15.1 Å². The summed E-state index contributed by atoms with van der Waals surface area (Å²) in [6.07, 6.45) is 0. The van der Waals surface area contributed by atoms with Crippen molar-refractivity contribution in [2.45, 2.75) is 0 Å². The van der Waals surface area contributed by atoms with E-state index >= 15 is 0 Å². The number of carbonyl (C=O) groups is 2. The molecular weight excluding hydrogens is 544 g/mol. The van der Waals surface area contributed by atoms with Crippen LogP contribution in [0.5, 0.6) is 0 Å². The van der Waals surface area contributed by atoms with Gasteiger partial charge in [0.2, 0.25) is 0 Å². The van der Waals surface area contributed by atoms with Crippen molar-refractivity contribution in [3.8, 4) is 0 Å². The van der Waals surface area contributed by atoms with Crippen molar-refractivity contribution < 1.29 is 14.0 Å². The van der Waals surface area contributed by atoms with E-state index in [0.717, 1.165) is 9.26 Å². The molecule has 8 heteroatoms. The Morgan fingerprint density at radius 3 is 2.41 bits per heavy atom. The van der Waals surface area contributed by atoms with Crippen LogP contribution in [-0.4, -0.2) is 42.9 Å². The molecule has 0 spiro atoms. The van der Waals surface area contributed by atoms with Crippen LogP contribution < -0.4 is 10.2 Å². The zero-order chi connectivity index (χ0) is 22.7. The first-order valence-electron chi connectivity index (χ1n) is 10.1. The van der Waals surface area contributed by atoms with Crippen molar-refractivity contribution in [3.63, 3.8) is 0 Å². The molecule has 0 aromatic heterocycles. The van der Waals surface area contributed by atoms with Gasteiger partial charge in [0.15, 0.2) is 0 Å². The predicted octanol–water partition coefficient (Wildman–Crippen LogP) is 5.30. The molecule has 164 valence electrons. The van der Waals surface area contributed by atoms with Crippen LogP contribution in [0.4, 0.5) is 15.8 Å². The lowest BCUT2D eigenvalue weighted by atomic mass is 10.1. The smallest absolute Gasteiger partial charge is 0.256 e. The number of rotatable bonds is 4. The van der Waals surface area contributed by atoms with Gasteiger partial charge in [-0.1, -0.05) is 29.8 Å². The first-order chi connectivity index (χ1) is 15.4. The van der Waals surface area contributed by atoms with E-state index in [2.05, 4.69) is 32.8 Å². The van der Waals surface area contributed by atoms with Crippen LogP contribution in [-0.2, 0) is 0 Å². The number of halogens is 3. The summed E-state index contributed by atoms with van der Waals surface area (Å²) in [6.45, 7) is 1.99. The van der Waals surface area contributed by atoms with Crippen LogP contribution in [0, 0.1) is 9.39 Å². The third kappa shape index (κ3) is 5.05. The van der Waals surface area contributed by atoms with E-state index in [-0.39, 0.29) is 17.4 Å². The van der Waals surface area contributed by atoms with Gasteiger partial charge in [0.25, 0.3) is 11.8 Å². The normalized spacial score (nSPS) is 13.7. The Hall–Kier alpha value is -2.65. The monoisotopic (exact) mass is 563 g/mol. The highest BCUT2D eigenvalue weighted by atomic mass is 127. The van der Waals surface area contributed by atoms with Crippen LogP contribution in [0.25, 0.3) is 0 Å². The van der Waals surface area contributed by atoms with Gasteiger partial charge in [-0.05, 0) is 71.1 Å². The van der Waals surface area contributed by atoms with Gasteiger partial charge >= 0.3 is 0 Å². The molecule has 1 aliphatic heterocycles. The molecule has 32 heavy (non-hydrogen) atoms. The minimum atomic E-state index is -0.516. The molecule has 0 atom stereocenters. The lowest BCUT2D eigenvalue weighted by molar-refractivity contribution is 0.0742. The van der Waals surface area contributed by atoms with Crippen LogP contribution in [0.1, 0.15) is 20.7 Å². The van der Waals surface area contributed by atoms with Crippen molar-refractivity contribution in [2.24, 2.45) is 0 Å². The quantitative estimate of drug-likeness (QED) is 0.439. The molecule has 1 aliphatic rings. The third-order valence-corrected chi connectivity index (χ3v) is 6.21. The molecule has 1 fully saturated rings. The summed E-state index contributed by atoms with van der Waals surface area (Å²) in [6, 6.07) is 18.7. The summed E-state index contributed by atoms with van der Waals surface area (Å²) in [4.78, 5) is 29.2. The molecule has 1 N–H and O–H groups in total. The highest BCUT2D eigenvalue weighted by molar-refractivity contribution is 14.1. The number of piperazine rings is 1. The first-order valence-corrected chi connectivity index (χ1v) is 11.5. The second kappa shape index (κ2) is 9.87. The Labute approximate surface area is 204 Å². The Kier molecular flexibility index (Phi) is 6.95. The second-order valence-electron chi connectivity index (χ2n) is 7.39. The van der Waals surface area contributed by atoms with Gasteiger partial charge in [0.05, 0.1) is 16.9 Å². The van der Waals surface area contributed by atoms with E-state index in [4.69, 9.17) is 11.6 Å². The summed E-state index contributed by atoms with van der Waals surface area (Å²) in [5, 5.41) is 3.47. The van der Waals surface area contributed by atoms with Gasteiger partial charge in [-0.25, -0.2) is 4.39 Å². The molecular formula is C24H20ClFIN3O2. The molecule has 0 saturated carbocycles. The van der Waals surface area contributed by atoms with Gasteiger partial charge in [-0.15, -0.1) is 0 Å². The molecule has 3 aromatic carbocycles. The van der Waals surface area contributed by atoms with Crippen LogP contribution in [0.3, 0.4) is 0 Å². The van der Waals surface area contributed by atoms with Gasteiger partial charge in [-0.2, -0.15) is 0 Å². The molecule has 0 aliphatic carbocycles. The molecule has 2 amide bonds. The molecule has 1 heterocycles. The number of benzene rings is 3. The maximum atomic E-state index is 14.0. The summed E-state index contributed by atoms with van der Waals surface area (Å²) < 4.78 is 15.0. The number of amides is 2. The largest absolute Gasteiger partial charge is 0.366 e. The third-order valence-electron chi connectivity index (χ3n) is 5.31. The van der Waals surface area contributed by atoms with Gasteiger partial charge in [0.1, 0.15) is 5.82 Å². The Morgan fingerprint density at radius 2 is 1.69 bits per heavy atom. The SMILES string of the molecule is O=C(Nc1cc(Cl)ccc1N1CCN(C(=O)c2ccccc2F)CC1)c1cccc(I)c1. The van der Waals surface area contributed by atoms with Crippen molar-refractivity contribution in [3.05, 3.63) is 92.3 Å². The van der Waals surface area contributed by atoms with E-state index < -0.39 is 5.82 Å². The lowest BCUT2D eigenvalue weighted by Gasteiger charge is -2.37. The van der Waals surface area contributed by atoms with Gasteiger partial charge in [0, 0.05) is 40.3 Å². The number of hydrogen-bond acceptors (Lipinski definition) is 3. The average molecular weight is 564 g/mol. The van der Waals surface area contributed by atoms with E-state index in [1.807, 2.05) is 24.3 Å².